The Kier molecular flexibility index (Phi) is 3.00. The van der Waals surface area contributed by atoms with Gasteiger partial charge in [0.05, 0.1) is 6.61 Å². The molecular weight excluding hydrogens is 236 g/mol. The average molecular weight is 264 g/mol. The maximum atomic E-state index is 11.2. The molecule has 2 heteroatoms. The van der Waals surface area contributed by atoms with Gasteiger partial charge in [0.2, 0.25) is 0 Å². The molecule has 3 aliphatic carbocycles. The average Bonchev–Trinajstić information content (AvgIpc) is 2.78. The molecule has 0 amide bonds. The number of ether oxygens (including phenoxy) is 1. The van der Waals surface area contributed by atoms with Crippen LogP contribution in [0.25, 0.3) is 0 Å². The molecule has 108 valence electrons. The molecule has 3 saturated carbocycles. The van der Waals surface area contributed by atoms with Crippen LogP contribution in [-0.4, -0.2) is 12.6 Å². The molecule has 0 radical (unpaired) electrons. The minimum atomic E-state index is -0.113. The molecule has 0 aromatic rings. The van der Waals surface area contributed by atoms with E-state index in [2.05, 4.69) is 20.8 Å². The Hall–Kier alpha value is -0.530. The summed E-state index contributed by atoms with van der Waals surface area (Å²) in [6.45, 7) is 9.64. The fourth-order valence-corrected chi connectivity index (χ4v) is 6.09. The molecule has 0 aromatic heterocycles. The lowest BCUT2D eigenvalue weighted by atomic mass is 9.65. The van der Waals surface area contributed by atoms with Crippen molar-refractivity contribution < 1.29 is 9.53 Å². The van der Waals surface area contributed by atoms with Crippen LogP contribution < -0.4 is 0 Å². The van der Waals surface area contributed by atoms with E-state index in [-0.39, 0.29) is 5.97 Å². The molecule has 0 spiro atoms. The molecule has 2 nitrogen and oxygen atoms in total. The Morgan fingerprint density at radius 3 is 2.63 bits per heavy atom. The zero-order valence-electron chi connectivity index (χ0n) is 12.9. The molecule has 0 N–H and O–H groups in total. The SMILES string of the molecule is CC(=O)OC[C@H]1[C@H]2CC[C@@H]3[C@H]2C(C)(C)CCC[C@@]31C. The van der Waals surface area contributed by atoms with Crippen molar-refractivity contribution in [1.82, 2.24) is 0 Å². The van der Waals surface area contributed by atoms with Crippen LogP contribution in [0.15, 0.2) is 0 Å². The molecule has 0 aliphatic heterocycles. The Labute approximate surface area is 117 Å². The molecule has 0 aromatic carbocycles. The predicted octanol–water partition coefficient (Wildman–Crippen LogP) is 4.04. The summed E-state index contributed by atoms with van der Waals surface area (Å²) in [5.74, 6) is 3.03. The van der Waals surface area contributed by atoms with E-state index in [0.29, 0.717) is 23.4 Å². The van der Waals surface area contributed by atoms with E-state index < -0.39 is 0 Å². The van der Waals surface area contributed by atoms with Gasteiger partial charge >= 0.3 is 5.97 Å². The van der Waals surface area contributed by atoms with Crippen molar-refractivity contribution in [2.24, 2.45) is 34.5 Å². The van der Waals surface area contributed by atoms with Crippen LogP contribution in [-0.2, 0) is 9.53 Å². The van der Waals surface area contributed by atoms with Gasteiger partial charge in [0.15, 0.2) is 0 Å². The minimum absolute atomic E-state index is 0.113. The van der Waals surface area contributed by atoms with E-state index in [1.54, 1.807) is 0 Å². The fraction of sp³-hybridized carbons (Fsp3) is 0.941. The van der Waals surface area contributed by atoms with E-state index in [0.717, 1.165) is 17.8 Å². The van der Waals surface area contributed by atoms with E-state index >= 15 is 0 Å². The molecule has 3 rings (SSSR count). The van der Waals surface area contributed by atoms with Crippen LogP contribution in [0.1, 0.15) is 59.8 Å². The second kappa shape index (κ2) is 4.23. The first-order chi connectivity index (χ1) is 8.86. The molecule has 0 heterocycles. The standard InChI is InChI=1S/C17H28O2/c1-11(18)19-10-14-12-6-7-13-15(12)16(2,3)8-5-9-17(13,14)4/h12-15H,5-10H2,1-4H3/t12-,13-,14+,15+,17+/m1/s1. The predicted molar refractivity (Wildman–Crippen MR) is 75.6 cm³/mol. The number of carbonyl (C=O) groups is 1. The van der Waals surface area contributed by atoms with Crippen molar-refractivity contribution >= 4 is 5.97 Å². The topological polar surface area (TPSA) is 26.3 Å². The maximum Gasteiger partial charge on any atom is 0.302 e. The lowest BCUT2D eigenvalue weighted by molar-refractivity contribution is -0.144. The van der Waals surface area contributed by atoms with Crippen molar-refractivity contribution in [2.45, 2.75) is 59.8 Å². The summed E-state index contributed by atoms with van der Waals surface area (Å²) < 4.78 is 5.42. The summed E-state index contributed by atoms with van der Waals surface area (Å²) >= 11 is 0. The second-order valence-electron chi connectivity index (χ2n) is 8.13. The van der Waals surface area contributed by atoms with Crippen molar-refractivity contribution in [3.63, 3.8) is 0 Å². The van der Waals surface area contributed by atoms with Gasteiger partial charge in [-0.05, 0) is 54.3 Å². The van der Waals surface area contributed by atoms with Crippen LogP contribution in [0.2, 0.25) is 0 Å². The summed E-state index contributed by atoms with van der Waals surface area (Å²) in [6, 6.07) is 0. The van der Waals surface area contributed by atoms with Crippen molar-refractivity contribution in [2.75, 3.05) is 6.61 Å². The number of esters is 1. The van der Waals surface area contributed by atoms with Crippen LogP contribution in [0, 0.1) is 34.5 Å². The van der Waals surface area contributed by atoms with E-state index in [4.69, 9.17) is 4.74 Å². The molecule has 0 unspecified atom stereocenters. The lowest BCUT2D eigenvalue weighted by Crippen LogP contribution is -2.37. The monoisotopic (exact) mass is 264 g/mol. The van der Waals surface area contributed by atoms with Gasteiger partial charge in [0.1, 0.15) is 0 Å². The minimum Gasteiger partial charge on any atom is -0.466 e. The third-order valence-electron chi connectivity index (χ3n) is 6.82. The van der Waals surface area contributed by atoms with Gasteiger partial charge in [-0.25, -0.2) is 0 Å². The van der Waals surface area contributed by atoms with Gasteiger partial charge in [0.25, 0.3) is 0 Å². The summed E-state index contributed by atoms with van der Waals surface area (Å²) in [6.07, 6.45) is 6.83. The van der Waals surface area contributed by atoms with Gasteiger partial charge in [-0.2, -0.15) is 0 Å². The van der Waals surface area contributed by atoms with Crippen LogP contribution in [0.3, 0.4) is 0 Å². The number of carbonyl (C=O) groups excluding carboxylic acids is 1. The fourth-order valence-electron chi connectivity index (χ4n) is 6.09. The Balaban J connectivity index is 1.90. The largest absolute Gasteiger partial charge is 0.466 e. The second-order valence-corrected chi connectivity index (χ2v) is 8.13. The van der Waals surface area contributed by atoms with Gasteiger partial charge in [-0.15, -0.1) is 0 Å². The van der Waals surface area contributed by atoms with Crippen LogP contribution >= 0.6 is 0 Å². The van der Waals surface area contributed by atoms with E-state index in [1.807, 2.05) is 0 Å². The van der Waals surface area contributed by atoms with E-state index in [1.165, 1.54) is 39.0 Å². The number of rotatable bonds is 2. The third-order valence-corrected chi connectivity index (χ3v) is 6.82. The Morgan fingerprint density at radius 2 is 1.95 bits per heavy atom. The molecule has 0 saturated heterocycles. The summed E-state index contributed by atoms with van der Waals surface area (Å²) in [4.78, 5) is 11.2. The maximum absolute atomic E-state index is 11.2. The molecule has 3 fully saturated rings. The first-order valence-corrected chi connectivity index (χ1v) is 7.99. The normalized spacial score (nSPS) is 46.9. The first-order valence-electron chi connectivity index (χ1n) is 7.99. The zero-order valence-corrected chi connectivity index (χ0v) is 12.9. The summed E-state index contributed by atoms with van der Waals surface area (Å²) in [7, 11) is 0. The summed E-state index contributed by atoms with van der Waals surface area (Å²) in [5.41, 5.74) is 0.908. The Morgan fingerprint density at radius 1 is 1.21 bits per heavy atom. The highest BCUT2D eigenvalue weighted by molar-refractivity contribution is 5.65. The van der Waals surface area contributed by atoms with Crippen LogP contribution in [0.5, 0.6) is 0 Å². The highest BCUT2D eigenvalue weighted by atomic mass is 16.5. The van der Waals surface area contributed by atoms with Crippen LogP contribution in [0.4, 0.5) is 0 Å². The van der Waals surface area contributed by atoms with Gasteiger partial charge in [0, 0.05) is 12.8 Å². The number of hydrogen-bond acceptors (Lipinski definition) is 2. The van der Waals surface area contributed by atoms with Crippen molar-refractivity contribution in [3.05, 3.63) is 0 Å². The van der Waals surface area contributed by atoms with Crippen molar-refractivity contribution in [3.8, 4) is 0 Å². The molecule has 4 bridgehead atoms. The lowest BCUT2D eigenvalue weighted by Gasteiger charge is -2.41. The highest BCUT2D eigenvalue weighted by Gasteiger charge is 2.64. The quantitative estimate of drug-likeness (QED) is 0.704. The van der Waals surface area contributed by atoms with Crippen molar-refractivity contribution in [1.29, 1.82) is 0 Å². The van der Waals surface area contributed by atoms with E-state index in [9.17, 15) is 4.79 Å². The van der Waals surface area contributed by atoms with Gasteiger partial charge < -0.3 is 4.74 Å². The molecular formula is C17H28O2. The van der Waals surface area contributed by atoms with Gasteiger partial charge in [-0.3, -0.25) is 4.79 Å². The summed E-state index contributed by atoms with van der Waals surface area (Å²) in [5, 5.41) is 0. The zero-order chi connectivity index (χ0) is 13.8. The molecule has 5 atom stereocenters. The Bertz CT molecular complexity index is 387. The molecule has 3 aliphatic rings. The molecule has 19 heavy (non-hydrogen) atoms. The first kappa shape index (κ1) is 13.5. The van der Waals surface area contributed by atoms with Gasteiger partial charge in [-0.1, -0.05) is 27.2 Å². The smallest absolute Gasteiger partial charge is 0.302 e. The highest BCUT2D eigenvalue weighted by Crippen LogP contribution is 2.70. The third kappa shape index (κ3) is 1.86. The number of hydrogen-bond donors (Lipinski definition) is 0.